The van der Waals surface area contributed by atoms with Crippen molar-refractivity contribution in [2.45, 2.75) is 57.8 Å². The fourth-order valence-corrected chi connectivity index (χ4v) is 6.59. The first-order chi connectivity index (χ1) is 18.8. The van der Waals surface area contributed by atoms with Crippen LogP contribution in [0, 0.1) is 0 Å². The molecule has 4 heterocycles. The molecule has 5 rings (SSSR count). The van der Waals surface area contributed by atoms with Crippen molar-refractivity contribution in [2.24, 2.45) is 0 Å². The van der Waals surface area contributed by atoms with Crippen molar-refractivity contribution in [3.8, 4) is 17.3 Å². The van der Waals surface area contributed by atoms with Gasteiger partial charge in [-0.25, -0.2) is 13.4 Å². The van der Waals surface area contributed by atoms with Crippen LogP contribution in [0.3, 0.4) is 0 Å². The summed E-state index contributed by atoms with van der Waals surface area (Å²) in [5, 5.41) is 11.4. The number of hydrogen-bond acceptors (Lipinski definition) is 7. The van der Waals surface area contributed by atoms with E-state index in [1.165, 1.54) is 13.2 Å². The lowest BCUT2D eigenvalue weighted by Crippen LogP contribution is -2.38. The van der Waals surface area contributed by atoms with Crippen LogP contribution in [-0.4, -0.2) is 64.0 Å². The van der Waals surface area contributed by atoms with E-state index in [1.54, 1.807) is 24.3 Å². The number of aromatic nitrogens is 4. The smallest absolute Gasteiger partial charge is 0.390 e. The molecule has 0 spiro atoms. The number of halogens is 3. The van der Waals surface area contributed by atoms with E-state index >= 15 is 0 Å². The number of benzene rings is 1. The van der Waals surface area contributed by atoms with Crippen LogP contribution in [-0.2, 0) is 34.9 Å². The van der Waals surface area contributed by atoms with Crippen molar-refractivity contribution in [1.82, 2.24) is 24.1 Å². The third-order valence-corrected chi connectivity index (χ3v) is 9.11. The first-order valence-corrected chi connectivity index (χ1v) is 14.4. The zero-order chi connectivity index (χ0) is 28.9. The molecule has 2 aromatic heterocycles. The van der Waals surface area contributed by atoms with E-state index in [0.29, 0.717) is 17.1 Å². The van der Waals surface area contributed by atoms with Crippen molar-refractivity contribution in [3.63, 3.8) is 0 Å². The normalized spacial score (nSPS) is 16.9. The Kier molecular flexibility index (Phi) is 7.11. The number of sulfonamides is 1. The molecule has 0 saturated carbocycles. The van der Waals surface area contributed by atoms with E-state index < -0.39 is 34.3 Å². The van der Waals surface area contributed by atoms with E-state index in [4.69, 9.17) is 4.74 Å². The van der Waals surface area contributed by atoms with Crippen LogP contribution in [0.1, 0.15) is 54.0 Å². The van der Waals surface area contributed by atoms with Gasteiger partial charge in [0.15, 0.2) is 5.82 Å². The van der Waals surface area contributed by atoms with Gasteiger partial charge in [-0.15, -0.1) is 10.2 Å². The van der Waals surface area contributed by atoms with Gasteiger partial charge >= 0.3 is 6.18 Å². The number of amides is 1. The summed E-state index contributed by atoms with van der Waals surface area (Å²) in [5.74, 6) is 0.484. The first kappa shape index (κ1) is 28.0. The summed E-state index contributed by atoms with van der Waals surface area (Å²) in [7, 11) is -2.72. The van der Waals surface area contributed by atoms with Gasteiger partial charge in [-0.1, -0.05) is 6.07 Å². The summed E-state index contributed by atoms with van der Waals surface area (Å²) in [4.78, 5) is 17.9. The monoisotopic (exact) mass is 578 g/mol. The van der Waals surface area contributed by atoms with E-state index in [1.807, 2.05) is 0 Å². The summed E-state index contributed by atoms with van der Waals surface area (Å²) in [6.45, 7) is 4.11. The van der Waals surface area contributed by atoms with Gasteiger partial charge in [0.1, 0.15) is 23.1 Å². The minimum Gasteiger partial charge on any atom is -0.496 e. The summed E-state index contributed by atoms with van der Waals surface area (Å²) < 4.78 is 71.6. The maximum atomic E-state index is 13.3. The zero-order valence-electron chi connectivity index (χ0n) is 22.2. The van der Waals surface area contributed by atoms with Crippen LogP contribution < -0.4 is 10.1 Å². The van der Waals surface area contributed by atoms with Crippen molar-refractivity contribution in [2.75, 3.05) is 24.7 Å². The molecule has 2 aliphatic rings. The van der Waals surface area contributed by atoms with Gasteiger partial charge in [-0.2, -0.15) is 17.5 Å². The third kappa shape index (κ3) is 5.55. The molecule has 214 valence electrons. The number of fused-ring (bicyclic) bond motifs is 2. The Morgan fingerprint density at radius 1 is 1.15 bits per heavy atom. The van der Waals surface area contributed by atoms with Crippen molar-refractivity contribution >= 4 is 21.7 Å². The Hall–Kier alpha value is -3.52. The Morgan fingerprint density at radius 3 is 2.65 bits per heavy atom. The number of methoxy groups -OCH3 is 1. The maximum Gasteiger partial charge on any atom is 0.390 e. The minimum absolute atomic E-state index is 0.0434. The number of hydrogen-bond donors (Lipinski definition) is 1. The Balaban J connectivity index is 1.38. The maximum absolute atomic E-state index is 13.3. The molecule has 0 radical (unpaired) electrons. The van der Waals surface area contributed by atoms with Gasteiger partial charge < -0.3 is 14.6 Å². The fraction of sp³-hybridized carbons (Fsp3) is 0.462. The van der Waals surface area contributed by atoms with Gasteiger partial charge in [0, 0.05) is 25.0 Å². The number of nitrogens with zero attached hydrogens (tertiary/aromatic N) is 5. The van der Waals surface area contributed by atoms with Crippen molar-refractivity contribution in [3.05, 3.63) is 52.8 Å². The minimum atomic E-state index is -4.57. The van der Waals surface area contributed by atoms with Gasteiger partial charge in [0.2, 0.25) is 10.0 Å². The third-order valence-electron chi connectivity index (χ3n) is 7.30. The molecule has 10 nitrogen and oxygen atoms in total. The summed E-state index contributed by atoms with van der Waals surface area (Å²) in [6, 6.07) is 8.35. The predicted octanol–water partition coefficient (Wildman–Crippen LogP) is 3.92. The Morgan fingerprint density at radius 2 is 1.93 bits per heavy atom. The standard InChI is InChI=1S/C26H29F3N6O4S/c1-25(2)9-7-22-32-33-23(35(22)25)19-5-4-6-21(30-19)31-24(36)18-13-17-15-34(11-8-16(17)14-20(18)39-3)40(37,38)12-10-26(27,28)29/h4-6,13-14H,7-12,15H2,1-3H3,(H,30,31,36). The Labute approximate surface area is 229 Å². The number of nitrogens with one attached hydrogen (secondary N) is 1. The van der Waals surface area contributed by atoms with Crippen LogP contribution >= 0.6 is 0 Å². The number of carbonyl (C=O) groups excluding carboxylic acids is 1. The molecule has 2 aliphatic heterocycles. The molecule has 1 aromatic carbocycles. The summed E-state index contributed by atoms with van der Waals surface area (Å²) in [5.41, 5.74) is 1.81. The highest BCUT2D eigenvalue weighted by Gasteiger charge is 2.35. The predicted molar refractivity (Wildman–Crippen MR) is 140 cm³/mol. The molecule has 0 unspecified atom stereocenters. The molecule has 1 amide bonds. The zero-order valence-corrected chi connectivity index (χ0v) is 23.1. The van der Waals surface area contributed by atoms with Gasteiger partial charge in [-0.3, -0.25) is 4.79 Å². The number of anilines is 1. The van der Waals surface area contributed by atoms with Crippen LogP contribution in [0.2, 0.25) is 0 Å². The van der Waals surface area contributed by atoms with E-state index in [-0.39, 0.29) is 42.2 Å². The average molecular weight is 579 g/mol. The lowest BCUT2D eigenvalue weighted by Gasteiger charge is -2.29. The van der Waals surface area contributed by atoms with E-state index in [0.717, 1.165) is 28.5 Å². The molecule has 0 fully saturated rings. The molecule has 0 atom stereocenters. The largest absolute Gasteiger partial charge is 0.496 e. The van der Waals surface area contributed by atoms with Gasteiger partial charge in [0.05, 0.1) is 24.8 Å². The average Bonchev–Trinajstić information content (AvgIpc) is 3.47. The molecule has 0 saturated heterocycles. The fourth-order valence-electron chi connectivity index (χ4n) is 5.14. The van der Waals surface area contributed by atoms with Gasteiger partial charge in [0.25, 0.3) is 5.91 Å². The number of ether oxygens (including phenoxy) is 1. The van der Waals surface area contributed by atoms with Crippen LogP contribution in [0.15, 0.2) is 30.3 Å². The molecule has 1 N–H and O–H groups in total. The number of rotatable bonds is 7. The van der Waals surface area contributed by atoms with Crippen LogP contribution in [0.25, 0.3) is 11.5 Å². The molecule has 3 aromatic rings. The first-order valence-electron chi connectivity index (χ1n) is 12.8. The number of pyridine rings is 1. The highest BCUT2D eigenvalue weighted by atomic mass is 32.2. The lowest BCUT2D eigenvalue weighted by atomic mass is 9.97. The molecule has 14 heteroatoms. The Bertz CT molecular complexity index is 1570. The SMILES string of the molecule is COc1cc2c(cc1C(=O)Nc1cccc(-c3nnc4n3C(C)(C)CC4)n1)CN(S(=O)(=O)CCC(F)(F)F)CC2. The van der Waals surface area contributed by atoms with E-state index in [9.17, 15) is 26.4 Å². The van der Waals surface area contributed by atoms with Crippen LogP contribution in [0.4, 0.5) is 19.0 Å². The second kappa shape index (κ2) is 10.1. The second-order valence-electron chi connectivity index (χ2n) is 10.5. The number of carbonyl (C=O) groups is 1. The van der Waals surface area contributed by atoms with Crippen molar-refractivity contribution < 1.29 is 31.1 Å². The quantitative estimate of drug-likeness (QED) is 0.451. The topological polar surface area (TPSA) is 119 Å². The van der Waals surface area contributed by atoms with E-state index in [2.05, 4.69) is 38.9 Å². The molecular weight excluding hydrogens is 549 g/mol. The number of aryl methyl sites for hydroxylation is 1. The highest BCUT2D eigenvalue weighted by molar-refractivity contribution is 7.89. The summed E-state index contributed by atoms with van der Waals surface area (Å²) >= 11 is 0. The molecule has 0 aliphatic carbocycles. The second-order valence-corrected chi connectivity index (χ2v) is 12.6. The number of alkyl halides is 3. The molecule has 0 bridgehead atoms. The van der Waals surface area contributed by atoms with Gasteiger partial charge in [-0.05, 0) is 62.1 Å². The highest BCUT2D eigenvalue weighted by Crippen LogP contribution is 2.35. The van der Waals surface area contributed by atoms with Crippen molar-refractivity contribution in [1.29, 1.82) is 0 Å². The van der Waals surface area contributed by atoms with Crippen LogP contribution in [0.5, 0.6) is 5.75 Å². The lowest BCUT2D eigenvalue weighted by molar-refractivity contribution is -0.130. The molecular formula is C26H29F3N6O4S. The summed E-state index contributed by atoms with van der Waals surface area (Å²) in [6.07, 6.45) is -3.97. The molecule has 40 heavy (non-hydrogen) atoms.